The molecule has 4 N–H and O–H groups in total. The van der Waals surface area contributed by atoms with Gasteiger partial charge in [0.25, 0.3) is 0 Å². The number of azide groups is 1. The van der Waals surface area contributed by atoms with Gasteiger partial charge in [0.2, 0.25) is 11.9 Å². The number of aromatic nitrogens is 11. The van der Waals surface area contributed by atoms with E-state index < -0.39 is 0 Å². The molecule has 0 radical (unpaired) electrons. The first-order valence-electron chi connectivity index (χ1n) is 25.8. The van der Waals surface area contributed by atoms with Gasteiger partial charge in [-0.15, -0.1) is 23.1 Å². The summed E-state index contributed by atoms with van der Waals surface area (Å²) in [7, 11) is 0. The van der Waals surface area contributed by atoms with Crippen molar-refractivity contribution in [2.45, 2.75) is 91.6 Å². The van der Waals surface area contributed by atoms with Gasteiger partial charge in [-0.3, -0.25) is 24.7 Å². The van der Waals surface area contributed by atoms with Crippen molar-refractivity contribution in [3.05, 3.63) is 212 Å². The maximum atomic E-state index is 10.2. The normalized spacial score (nSPS) is 11.1. The second-order valence-corrected chi connectivity index (χ2v) is 18.2. The number of aryl methyl sites for hydroxylation is 4. The number of hydrogen-bond donors (Lipinski definition) is 2. The molecule has 0 bridgehead atoms. The number of anilines is 2. The predicted octanol–water partition coefficient (Wildman–Crippen LogP) is 12.4. The Labute approximate surface area is 476 Å². The molecule has 0 spiro atoms. The average molecular weight is 1100 g/mol. The van der Waals surface area contributed by atoms with E-state index in [1.54, 1.807) is 59.3 Å². The van der Waals surface area contributed by atoms with Crippen molar-refractivity contribution in [3.63, 3.8) is 0 Å². The first kappa shape index (κ1) is 61.6. The summed E-state index contributed by atoms with van der Waals surface area (Å²) in [4.78, 5) is 47.0. The van der Waals surface area contributed by atoms with Gasteiger partial charge < -0.3 is 11.5 Å². The highest BCUT2D eigenvalue weighted by Gasteiger charge is 2.16. The number of carbonyl (C=O) groups excluding carboxylic acids is 1. The SMILES string of the molecule is C#Cc1cc(-c2cccc(C#N)c2)nc(N)n1.CCc1cccc(C(C)Cl)n1.CCc1cccc(C(C)N=[N+]=[N-])n1.CCc1cccc(C(C)n2cc(-c3cc(-c4cccc(C#N)c4)nc(N)n3)nn2)n1.CCc1cccc(C=O)n1. The molecule has 0 saturated heterocycles. The molecule has 9 rings (SSSR count). The third-order valence-electron chi connectivity index (χ3n) is 11.8. The monoisotopic (exact) mass is 1100 g/mol. The van der Waals surface area contributed by atoms with Crippen LogP contribution in [-0.4, -0.2) is 61.2 Å². The number of terminal acetylenes is 1. The van der Waals surface area contributed by atoms with E-state index in [4.69, 9.17) is 45.5 Å². The van der Waals surface area contributed by atoms with E-state index in [-0.39, 0.29) is 29.4 Å². The van der Waals surface area contributed by atoms with Gasteiger partial charge in [0.1, 0.15) is 17.1 Å². The van der Waals surface area contributed by atoms with Crippen LogP contribution in [0.15, 0.2) is 145 Å². The quantitative estimate of drug-likeness (QED) is 0.0271. The van der Waals surface area contributed by atoms with Gasteiger partial charge in [0.15, 0.2) is 6.29 Å². The van der Waals surface area contributed by atoms with Crippen molar-refractivity contribution in [3.8, 4) is 58.4 Å². The molecule has 7 heterocycles. The Balaban J connectivity index is 0.000000201. The van der Waals surface area contributed by atoms with Crippen LogP contribution in [0.3, 0.4) is 0 Å². The topological polar surface area (TPSA) is 299 Å². The summed E-state index contributed by atoms with van der Waals surface area (Å²) in [6.07, 6.45) is 11.5. The largest absolute Gasteiger partial charge is 0.368 e. The minimum atomic E-state index is -0.184. The fraction of sp³-hybridized carbons (Fsp3) is 0.230. The molecular formula is C61H61ClN18O. The Morgan fingerprint density at radius 3 is 1.60 bits per heavy atom. The average Bonchev–Trinajstić information content (AvgIpc) is 4.03. The predicted molar refractivity (Wildman–Crippen MR) is 316 cm³/mol. The maximum absolute atomic E-state index is 10.2. The molecule has 2 aromatic carbocycles. The lowest BCUT2D eigenvalue weighted by Crippen LogP contribution is -2.10. The summed E-state index contributed by atoms with van der Waals surface area (Å²) in [5, 5.41) is 30.1. The number of rotatable bonds is 13. The van der Waals surface area contributed by atoms with E-state index >= 15 is 0 Å². The molecule has 3 atom stereocenters. The van der Waals surface area contributed by atoms with Crippen molar-refractivity contribution < 1.29 is 4.79 Å². The number of nitriles is 2. The molecule has 9 aromatic rings. The zero-order valence-electron chi connectivity index (χ0n) is 46.1. The van der Waals surface area contributed by atoms with Crippen LogP contribution in [0.2, 0.25) is 0 Å². The molecule has 3 unspecified atom stereocenters. The minimum Gasteiger partial charge on any atom is -0.368 e. The summed E-state index contributed by atoms with van der Waals surface area (Å²) in [6.45, 7) is 14.0. The highest BCUT2D eigenvalue weighted by Crippen LogP contribution is 2.26. The number of pyridine rings is 4. The standard InChI is InChI=1S/C22H20N8.C13H8N4.C9H12ClN.C9H12N4.C8H9NO/c1-3-17-8-5-9-18(25-17)14(2)30-13-21(28-29-30)20-11-19(26-22(24)27-20)16-7-4-6-15(10-16)12-23;1-2-11-7-12(17-13(15)16-11)10-5-3-4-9(6-10)8-14;1-3-8-5-4-6-9(11-8)7(2)10;1-3-8-5-4-6-9(11-8)7(2)12-13-10;1-2-7-4-3-5-8(6-10)9-7/h4-11,13-14H,3H2,1-2H3,(H2,24,26,27);1,3-7H,(H2,15,16,17);4-7H,3H2,1-2H3;4-7H,3H2,1-2H3;3-6H,2H2,1H3. The zero-order chi connectivity index (χ0) is 58.7. The van der Waals surface area contributed by atoms with E-state index in [0.717, 1.165) is 83.0 Å². The number of alkyl halides is 1. The van der Waals surface area contributed by atoms with Crippen LogP contribution in [0.4, 0.5) is 11.9 Å². The Hall–Kier alpha value is -10.2. The van der Waals surface area contributed by atoms with Crippen LogP contribution < -0.4 is 11.5 Å². The van der Waals surface area contributed by atoms with E-state index in [0.29, 0.717) is 45.3 Å². The summed E-state index contributed by atoms with van der Waals surface area (Å²) >= 11 is 5.87. The molecular weight excluding hydrogens is 1040 g/mol. The fourth-order valence-corrected chi connectivity index (χ4v) is 7.44. The van der Waals surface area contributed by atoms with Gasteiger partial charge in [0.05, 0.1) is 75.4 Å². The third kappa shape index (κ3) is 19.0. The lowest BCUT2D eigenvalue weighted by molar-refractivity contribution is 0.111. The van der Waals surface area contributed by atoms with Crippen molar-refractivity contribution in [2.75, 3.05) is 11.5 Å². The Morgan fingerprint density at radius 2 is 1.09 bits per heavy atom. The summed E-state index contributed by atoms with van der Waals surface area (Å²) in [5.41, 5.74) is 32.6. The van der Waals surface area contributed by atoms with Gasteiger partial charge in [-0.25, -0.2) is 24.6 Å². The number of benzene rings is 2. The van der Waals surface area contributed by atoms with Crippen LogP contribution in [0.1, 0.15) is 133 Å². The Kier molecular flexibility index (Phi) is 24.2. The van der Waals surface area contributed by atoms with Gasteiger partial charge in [-0.2, -0.15) is 10.5 Å². The number of halogens is 1. The molecule has 20 heteroatoms. The van der Waals surface area contributed by atoms with Crippen molar-refractivity contribution in [1.29, 1.82) is 10.5 Å². The molecule has 0 aliphatic carbocycles. The van der Waals surface area contributed by atoms with E-state index in [1.807, 2.05) is 120 Å². The molecule has 408 valence electrons. The van der Waals surface area contributed by atoms with E-state index in [1.165, 1.54) is 0 Å². The Morgan fingerprint density at radius 1 is 0.617 bits per heavy atom. The third-order valence-corrected chi connectivity index (χ3v) is 12.0. The molecule has 81 heavy (non-hydrogen) atoms. The lowest BCUT2D eigenvalue weighted by Gasteiger charge is -2.11. The maximum Gasteiger partial charge on any atom is 0.221 e. The number of nitrogens with two attached hydrogens (primary N) is 2. The highest BCUT2D eigenvalue weighted by atomic mass is 35.5. The van der Waals surface area contributed by atoms with Gasteiger partial charge in [-0.1, -0.05) is 99.4 Å². The van der Waals surface area contributed by atoms with Gasteiger partial charge >= 0.3 is 0 Å². The molecule has 0 aliphatic heterocycles. The smallest absolute Gasteiger partial charge is 0.221 e. The zero-order valence-corrected chi connectivity index (χ0v) is 46.8. The van der Waals surface area contributed by atoms with Crippen molar-refractivity contribution >= 4 is 29.8 Å². The molecule has 0 amide bonds. The van der Waals surface area contributed by atoms with Crippen molar-refractivity contribution in [1.82, 2.24) is 54.9 Å². The van der Waals surface area contributed by atoms with Crippen LogP contribution in [0, 0.1) is 35.0 Å². The molecule has 0 fully saturated rings. The van der Waals surface area contributed by atoms with E-state index in [2.05, 4.69) is 92.1 Å². The molecule has 7 aromatic heterocycles. The van der Waals surface area contributed by atoms with E-state index in [9.17, 15) is 4.79 Å². The summed E-state index contributed by atoms with van der Waals surface area (Å²) in [6, 6.07) is 44.8. The number of nitrogens with zero attached hydrogens (tertiary/aromatic N) is 16. The number of aldehydes is 1. The van der Waals surface area contributed by atoms with Crippen LogP contribution >= 0.6 is 11.6 Å². The van der Waals surface area contributed by atoms with Crippen LogP contribution in [0.5, 0.6) is 0 Å². The van der Waals surface area contributed by atoms with Crippen LogP contribution in [-0.2, 0) is 25.7 Å². The van der Waals surface area contributed by atoms with Crippen molar-refractivity contribution in [2.24, 2.45) is 5.11 Å². The first-order valence-corrected chi connectivity index (χ1v) is 26.3. The number of carbonyl (C=O) groups is 1. The minimum absolute atomic E-state index is 0.0153. The van der Waals surface area contributed by atoms with Gasteiger partial charge in [-0.05, 0) is 130 Å². The molecule has 0 aliphatic rings. The van der Waals surface area contributed by atoms with Crippen LogP contribution in [0.25, 0.3) is 44.3 Å². The first-order chi connectivity index (χ1) is 39.2. The number of hydrogen-bond acceptors (Lipinski definition) is 16. The second-order valence-electron chi connectivity index (χ2n) is 17.5. The number of nitrogen functional groups attached to an aromatic ring is 2. The molecule has 19 nitrogen and oxygen atoms in total. The summed E-state index contributed by atoms with van der Waals surface area (Å²) in [5.74, 6) is 2.66. The fourth-order valence-electron chi connectivity index (χ4n) is 7.32. The lowest BCUT2D eigenvalue weighted by atomic mass is 10.1. The molecule has 0 saturated carbocycles. The highest BCUT2D eigenvalue weighted by molar-refractivity contribution is 6.20. The second kappa shape index (κ2) is 31.8. The Bertz CT molecular complexity index is 3700. The van der Waals surface area contributed by atoms with Gasteiger partial charge in [0, 0.05) is 44.5 Å². The summed E-state index contributed by atoms with van der Waals surface area (Å²) < 4.78 is 1.76.